The third kappa shape index (κ3) is 8.66. The quantitative estimate of drug-likeness (QED) is 0.584. The molecule has 3 heteroatoms. The van der Waals surface area contributed by atoms with Crippen LogP contribution in [0, 0.1) is 14.4 Å². The van der Waals surface area contributed by atoms with Crippen LogP contribution in [0.2, 0.25) is 0 Å². The van der Waals surface area contributed by atoms with E-state index in [1.165, 1.54) is 24.0 Å². The summed E-state index contributed by atoms with van der Waals surface area (Å²) < 4.78 is 0. The summed E-state index contributed by atoms with van der Waals surface area (Å²) in [5, 5.41) is 0. The van der Waals surface area contributed by atoms with Gasteiger partial charge in [0, 0.05) is 24.8 Å². The van der Waals surface area contributed by atoms with Crippen LogP contribution in [0.5, 0.6) is 0 Å². The first-order valence-electron chi connectivity index (χ1n) is 5.63. The van der Waals surface area contributed by atoms with Crippen molar-refractivity contribution in [2.45, 2.75) is 33.1 Å². The van der Waals surface area contributed by atoms with E-state index in [0.717, 1.165) is 5.92 Å². The van der Waals surface area contributed by atoms with Crippen molar-refractivity contribution in [3.8, 4) is 0 Å². The molecule has 0 N–H and O–H groups in total. The largest absolute Gasteiger partial charge is 1.00 e. The fourth-order valence-corrected chi connectivity index (χ4v) is 1.48. The molecule has 3 rings (SSSR count). The topological polar surface area (TPSA) is 25.8 Å². The number of aryl methyl sites for hydroxylation is 1. The molecule has 1 aliphatic carbocycles. The van der Waals surface area contributed by atoms with E-state index in [2.05, 4.69) is 16.0 Å². The van der Waals surface area contributed by atoms with Gasteiger partial charge in [0.25, 0.3) is 0 Å². The van der Waals surface area contributed by atoms with Crippen LogP contribution in [0.15, 0.2) is 49.1 Å². The Morgan fingerprint density at radius 3 is 1.89 bits per heavy atom. The smallest absolute Gasteiger partial charge is 0.358 e. The van der Waals surface area contributed by atoms with Crippen LogP contribution in [0.4, 0.5) is 0 Å². The SMILES string of the molecule is C.Cc1cccnc1.[CH3-].[K+].c1cncc(C2CC2)c1. The van der Waals surface area contributed by atoms with Crippen LogP contribution in [0.3, 0.4) is 0 Å². The monoisotopic (exact) mass is 282 g/mol. The van der Waals surface area contributed by atoms with Gasteiger partial charge in [-0.2, -0.15) is 0 Å². The third-order valence-electron chi connectivity index (χ3n) is 2.54. The number of hydrogen-bond donors (Lipinski definition) is 0. The van der Waals surface area contributed by atoms with Gasteiger partial charge in [-0.1, -0.05) is 19.6 Å². The van der Waals surface area contributed by atoms with Crippen molar-refractivity contribution in [1.82, 2.24) is 9.97 Å². The second-order valence-electron chi connectivity index (χ2n) is 4.09. The van der Waals surface area contributed by atoms with Crippen LogP contribution in [0.1, 0.15) is 37.3 Å². The number of nitrogens with zero attached hydrogens (tertiary/aromatic N) is 2. The van der Waals surface area contributed by atoms with E-state index in [0.29, 0.717) is 0 Å². The van der Waals surface area contributed by atoms with E-state index in [9.17, 15) is 0 Å². The molecule has 0 bridgehead atoms. The van der Waals surface area contributed by atoms with Crippen LogP contribution in [-0.2, 0) is 0 Å². The molecular formula is C16H23KN2. The van der Waals surface area contributed by atoms with E-state index < -0.39 is 0 Å². The Hall–Kier alpha value is -0.0636. The van der Waals surface area contributed by atoms with Crippen LogP contribution >= 0.6 is 0 Å². The van der Waals surface area contributed by atoms with Gasteiger partial charge in [-0.05, 0) is 48.9 Å². The van der Waals surface area contributed by atoms with E-state index in [4.69, 9.17) is 0 Å². The maximum absolute atomic E-state index is 4.05. The van der Waals surface area contributed by atoms with Gasteiger partial charge in [0.2, 0.25) is 0 Å². The Morgan fingerprint density at radius 1 is 1.00 bits per heavy atom. The van der Waals surface area contributed by atoms with Gasteiger partial charge < -0.3 is 7.43 Å². The Bertz CT molecular complexity index is 413. The molecule has 19 heavy (non-hydrogen) atoms. The molecular weight excluding hydrogens is 259 g/mol. The van der Waals surface area contributed by atoms with E-state index in [1.54, 1.807) is 6.20 Å². The molecule has 0 saturated heterocycles. The van der Waals surface area contributed by atoms with Gasteiger partial charge in [-0.25, -0.2) is 0 Å². The molecule has 2 aromatic heterocycles. The molecule has 1 fully saturated rings. The average Bonchev–Trinajstić information content (AvgIpc) is 3.16. The maximum atomic E-state index is 4.05. The van der Waals surface area contributed by atoms with Crippen molar-refractivity contribution in [2.24, 2.45) is 0 Å². The van der Waals surface area contributed by atoms with E-state index >= 15 is 0 Å². The van der Waals surface area contributed by atoms with Gasteiger partial charge >= 0.3 is 51.4 Å². The van der Waals surface area contributed by atoms with Crippen molar-refractivity contribution in [3.63, 3.8) is 0 Å². The Labute approximate surface area is 160 Å². The fraction of sp³-hybridized carbons (Fsp3) is 0.312. The van der Waals surface area contributed by atoms with Crippen molar-refractivity contribution in [3.05, 3.63) is 67.6 Å². The van der Waals surface area contributed by atoms with Gasteiger partial charge in [0.15, 0.2) is 0 Å². The summed E-state index contributed by atoms with van der Waals surface area (Å²) in [5.41, 5.74) is 2.63. The minimum Gasteiger partial charge on any atom is -0.358 e. The van der Waals surface area contributed by atoms with Gasteiger partial charge in [-0.3, -0.25) is 9.97 Å². The summed E-state index contributed by atoms with van der Waals surface area (Å²) in [5.74, 6) is 0.846. The first-order valence-corrected chi connectivity index (χ1v) is 5.63. The zero-order valence-electron chi connectivity index (χ0n) is 11.5. The molecule has 2 heterocycles. The second kappa shape index (κ2) is 11.7. The number of hydrogen-bond acceptors (Lipinski definition) is 2. The molecule has 2 aromatic rings. The summed E-state index contributed by atoms with van der Waals surface area (Å²) in [4.78, 5) is 7.93. The molecule has 1 aliphatic rings. The van der Waals surface area contributed by atoms with Gasteiger partial charge in [-0.15, -0.1) is 0 Å². The predicted octanol–water partition coefficient (Wildman–Crippen LogP) is 1.44. The Morgan fingerprint density at radius 2 is 1.58 bits per heavy atom. The fourth-order valence-electron chi connectivity index (χ4n) is 1.48. The summed E-state index contributed by atoms with van der Waals surface area (Å²) >= 11 is 0. The number of pyridine rings is 2. The maximum Gasteiger partial charge on any atom is 1.00 e. The van der Waals surface area contributed by atoms with Gasteiger partial charge in [0.1, 0.15) is 0 Å². The van der Waals surface area contributed by atoms with Crippen LogP contribution in [0.25, 0.3) is 0 Å². The number of rotatable bonds is 1. The van der Waals surface area contributed by atoms with E-state index in [1.807, 2.05) is 43.7 Å². The summed E-state index contributed by atoms with van der Waals surface area (Å²) in [7, 11) is 0. The predicted molar refractivity (Wildman–Crippen MR) is 78.3 cm³/mol. The van der Waals surface area contributed by atoms with Crippen molar-refractivity contribution in [1.29, 1.82) is 0 Å². The minimum absolute atomic E-state index is 0. The van der Waals surface area contributed by atoms with Crippen molar-refractivity contribution >= 4 is 0 Å². The van der Waals surface area contributed by atoms with Crippen LogP contribution in [-0.4, -0.2) is 9.97 Å². The molecule has 0 aromatic carbocycles. The molecule has 0 amide bonds. The van der Waals surface area contributed by atoms with Crippen molar-refractivity contribution in [2.75, 3.05) is 0 Å². The Balaban J connectivity index is 0. The molecule has 1 saturated carbocycles. The van der Waals surface area contributed by atoms with Crippen LogP contribution < -0.4 is 51.4 Å². The molecule has 0 unspecified atom stereocenters. The molecule has 0 atom stereocenters. The molecule has 0 spiro atoms. The molecule has 98 valence electrons. The normalized spacial score (nSPS) is 11.6. The average molecular weight is 282 g/mol. The summed E-state index contributed by atoms with van der Waals surface area (Å²) in [6.45, 7) is 2.02. The Kier molecular flexibility index (Phi) is 13.1. The first kappa shape index (κ1) is 21.2. The molecule has 0 aliphatic heterocycles. The summed E-state index contributed by atoms with van der Waals surface area (Å²) in [6.07, 6.45) is 10.1. The van der Waals surface area contributed by atoms with E-state index in [-0.39, 0.29) is 66.2 Å². The zero-order chi connectivity index (χ0) is 11.2. The molecule has 2 nitrogen and oxygen atoms in total. The van der Waals surface area contributed by atoms with Crippen molar-refractivity contribution < 1.29 is 51.4 Å². The zero-order valence-corrected chi connectivity index (χ0v) is 14.6. The second-order valence-corrected chi connectivity index (χ2v) is 4.09. The minimum atomic E-state index is 0. The number of aromatic nitrogens is 2. The summed E-state index contributed by atoms with van der Waals surface area (Å²) in [6, 6.07) is 8.11. The molecule has 0 radical (unpaired) electrons. The third-order valence-corrected chi connectivity index (χ3v) is 2.54. The standard InChI is InChI=1S/C8H9N.C6H7N.CH4.CH3.K/c1-2-8(6-9-5-1)7-3-4-7;1-6-3-2-4-7-5-6;;;/h1-2,5-7H,3-4H2;2-5H,1H3;1H4;1H3;/q;;;-1;+1. The first-order chi connectivity index (χ1) is 7.86. The van der Waals surface area contributed by atoms with Gasteiger partial charge in [0.05, 0.1) is 0 Å².